The van der Waals surface area contributed by atoms with E-state index in [4.69, 9.17) is 4.74 Å². The maximum Gasteiger partial charge on any atom is 0.251 e. The van der Waals surface area contributed by atoms with E-state index in [0.717, 1.165) is 36.1 Å². The summed E-state index contributed by atoms with van der Waals surface area (Å²) < 4.78 is 5.27. The molecule has 1 fully saturated rings. The molecule has 1 amide bonds. The molecule has 98 valence electrons. The van der Waals surface area contributed by atoms with Gasteiger partial charge < -0.3 is 10.1 Å². The molecule has 0 radical (unpaired) electrons. The van der Waals surface area contributed by atoms with Crippen molar-refractivity contribution in [2.45, 2.75) is 45.1 Å². The molecular formula is C15H21NO2. The molecule has 2 rings (SSSR count). The third-order valence-electron chi connectivity index (χ3n) is 3.61. The van der Waals surface area contributed by atoms with E-state index in [-0.39, 0.29) is 5.91 Å². The quantitative estimate of drug-likeness (QED) is 0.888. The Morgan fingerprint density at radius 2 is 2.11 bits per heavy atom. The zero-order chi connectivity index (χ0) is 13.0. The number of carbonyl (C=O) groups excluding carboxylic acids is 1. The molecule has 1 aliphatic rings. The van der Waals surface area contributed by atoms with Crippen LogP contribution in [-0.4, -0.2) is 19.1 Å². The fourth-order valence-electron chi connectivity index (χ4n) is 2.53. The average molecular weight is 247 g/mol. The zero-order valence-corrected chi connectivity index (χ0v) is 11.2. The summed E-state index contributed by atoms with van der Waals surface area (Å²) in [4.78, 5) is 12.1. The summed E-state index contributed by atoms with van der Waals surface area (Å²) in [7, 11) is 1.66. The van der Waals surface area contributed by atoms with Gasteiger partial charge in [0.25, 0.3) is 5.91 Å². The van der Waals surface area contributed by atoms with Crippen molar-refractivity contribution in [1.82, 2.24) is 5.32 Å². The van der Waals surface area contributed by atoms with Gasteiger partial charge in [-0.15, -0.1) is 0 Å². The Hall–Kier alpha value is -1.51. The zero-order valence-electron chi connectivity index (χ0n) is 11.2. The van der Waals surface area contributed by atoms with Gasteiger partial charge in [-0.1, -0.05) is 19.8 Å². The third-order valence-corrected chi connectivity index (χ3v) is 3.61. The number of ether oxygens (including phenoxy) is 1. The first-order valence-electron chi connectivity index (χ1n) is 6.72. The average Bonchev–Trinajstić information content (AvgIpc) is 2.90. The number of aryl methyl sites for hydroxylation is 1. The van der Waals surface area contributed by atoms with Crippen molar-refractivity contribution in [2.75, 3.05) is 7.11 Å². The van der Waals surface area contributed by atoms with E-state index in [9.17, 15) is 4.79 Å². The molecule has 1 aliphatic carbocycles. The highest BCUT2D eigenvalue weighted by atomic mass is 16.5. The smallest absolute Gasteiger partial charge is 0.251 e. The van der Waals surface area contributed by atoms with Crippen molar-refractivity contribution < 1.29 is 9.53 Å². The van der Waals surface area contributed by atoms with Crippen LogP contribution in [0.4, 0.5) is 0 Å². The summed E-state index contributed by atoms with van der Waals surface area (Å²) in [5, 5.41) is 3.10. The van der Waals surface area contributed by atoms with Crippen LogP contribution in [0, 0.1) is 0 Å². The van der Waals surface area contributed by atoms with Crippen LogP contribution >= 0.6 is 0 Å². The third kappa shape index (κ3) is 2.84. The lowest BCUT2D eigenvalue weighted by atomic mass is 10.1. The molecule has 0 bridgehead atoms. The molecule has 0 spiro atoms. The van der Waals surface area contributed by atoms with E-state index < -0.39 is 0 Å². The minimum Gasteiger partial charge on any atom is -0.496 e. The first kappa shape index (κ1) is 12.9. The van der Waals surface area contributed by atoms with Crippen molar-refractivity contribution in [1.29, 1.82) is 0 Å². The standard InChI is InChI=1S/C15H21NO2/c1-3-11-10-12(8-9-14(11)18-2)15(17)16-13-6-4-5-7-13/h8-10,13H,3-7H2,1-2H3,(H,16,17). The minimum absolute atomic E-state index is 0.0410. The lowest BCUT2D eigenvalue weighted by Crippen LogP contribution is -2.32. The largest absolute Gasteiger partial charge is 0.496 e. The van der Waals surface area contributed by atoms with Crippen molar-refractivity contribution in [3.05, 3.63) is 29.3 Å². The lowest BCUT2D eigenvalue weighted by Gasteiger charge is -2.13. The van der Waals surface area contributed by atoms with Crippen LogP contribution in [-0.2, 0) is 6.42 Å². The number of hydrogen-bond donors (Lipinski definition) is 1. The van der Waals surface area contributed by atoms with Gasteiger partial charge >= 0.3 is 0 Å². The van der Waals surface area contributed by atoms with Gasteiger partial charge in [-0.05, 0) is 43.0 Å². The molecule has 3 heteroatoms. The summed E-state index contributed by atoms with van der Waals surface area (Å²) in [5.41, 5.74) is 1.82. The van der Waals surface area contributed by atoms with E-state index in [0.29, 0.717) is 6.04 Å². The Morgan fingerprint density at radius 1 is 1.39 bits per heavy atom. The van der Waals surface area contributed by atoms with E-state index in [1.807, 2.05) is 18.2 Å². The Balaban J connectivity index is 2.09. The van der Waals surface area contributed by atoms with Crippen molar-refractivity contribution in [2.24, 2.45) is 0 Å². The summed E-state index contributed by atoms with van der Waals surface area (Å²) in [6, 6.07) is 6.01. The fourth-order valence-corrected chi connectivity index (χ4v) is 2.53. The van der Waals surface area contributed by atoms with E-state index in [1.165, 1.54) is 12.8 Å². The summed E-state index contributed by atoms with van der Waals surface area (Å²) in [5.74, 6) is 0.897. The summed E-state index contributed by atoms with van der Waals surface area (Å²) >= 11 is 0. The van der Waals surface area contributed by atoms with Gasteiger partial charge in [-0.25, -0.2) is 0 Å². The van der Waals surface area contributed by atoms with Crippen LogP contribution < -0.4 is 10.1 Å². The van der Waals surface area contributed by atoms with Gasteiger partial charge in [0.05, 0.1) is 7.11 Å². The minimum atomic E-state index is 0.0410. The predicted molar refractivity (Wildman–Crippen MR) is 72.1 cm³/mol. The van der Waals surface area contributed by atoms with E-state index in [1.54, 1.807) is 7.11 Å². The molecule has 1 aromatic carbocycles. The summed E-state index contributed by atoms with van der Waals surface area (Å²) in [6.45, 7) is 2.07. The van der Waals surface area contributed by atoms with Crippen LogP contribution in [0.15, 0.2) is 18.2 Å². The molecule has 1 aromatic rings. The maximum atomic E-state index is 12.1. The first-order valence-corrected chi connectivity index (χ1v) is 6.72. The SMILES string of the molecule is CCc1cc(C(=O)NC2CCCC2)ccc1OC. The van der Waals surface area contributed by atoms with Crippen molar-refractivity contribution in [3.8, 4) is 5.75 Å². The molecule has 1 N–H and O–H groups in total. The molecule has 0 heterocycles. The molecule has 0 atom stereocenters. The van der Waals surface area contributed by atoms with Crippen LogP contribution in [0.25, 0.3) is 0 Å². The topological polar surface area (TPSA) is 38.3 Å². The van der Waals surface area contributed by atoms with E-state index in [2.05, 4.69) is 12.2 Å². The fraction of sp³-hybridized carbons (Fsp3) is 0.533. The highest BCUT2D eigenvalue weighted by Crippen LogP contribution is 2.22. The first-order chi connectivity index (χ1) is 8.74. The number of methoxy groups -OCH3 is 1. The molecular weight excluding hydrogens is 226 g/mol. The number of hydrogen-bond acceptors (Lipinski definition) is 2. The Bertz CT molecular complexity index is 423. The Kier molecular flexibility index (Phi) is 4.24. The molecule has 1 saturated carbocycles. The summed E-state index contributed by atoms with van der Waals surface area (Å²) in [6.07, 6.45) is 5.56. The highest BCUT2D eigenvalue weighted by Gasteiger charge is 2.18. The van der Waals surface area contributed by atoms with Gasteiger partial charge in [-0.3, -0.25) is 4.79 Å². The van der Waals surface area contributed by atoms with Gasteiger partial charge in [0.15, 0.2) is 0 Å². The lowest BCUT2D eigenvalue weighted by molar-refractivity contribution is 0.0937. The van der Waals surface area contributed by atoms with Gasteiger partial charge in [0.2, 0.25) is 0 Å². The predicted octanol–water partition coefficient (Wildman–Crippen LogP) is 2.93. The Labute approximate surface area is 109 Å². The van der Waals surface area contributed by atoms with Gasteiger partial charge in [-0.2, -0.15) is 0 Å². The molecule has 3 nitrogen and oxygen atoms in total. The second kappa shape index (κ2) is 5.89. The normalized spacial score (nSPS) is 15.7. The maximum absolute atomic E-state index is 12.1. The molecule has 0 saturated heterocycles. The number of carbonyl (C=O) groups is 1. The second-order valence-electron chi connectivity index (χ2n) is 4.84. The van der Waals surface area contributed by atoms with Gasteiger partial charge in [0, 0.05) is 11.6 Å². The monoisotopic (exact) mass is 247 g/mol. The van der Waals surface area contributed by atoms with Crippen molar-refractivity contribution in [3.63, 3.8) is 0 Å². The number of rotatable bonds is 4. The van der Waals surface area contributed by atoms with Gasteiger partial charge in [0.1, 0.15) is 5.75 Å². The van der Waals surface area contributed by atoms with Crippen molar-refractivity contribution >= 4 is 5.91 Å². The van der Waals surface area contributed by atoms with Crippen LogP contribution in [0.3, 0.4) is 0 Å². The second-order valence-corrected chi connectivity index (χ2v) is 4.84. The molecule has 0 unspecified atom stereocenters. The van der Waals surface area contributed by atoms with Crippen LogP contribution in [0.1, 0.15) is 48.5 Å². The van der Waals surface area contributed by atoms with Crippen LogP contribution in [0.2, 0.25) is 0 Å². The molecule has 18 heavy (non-hydrogen) atoms. The number of nitrogens with one attached hydrogen (secondary N) is 1. The highest BCUT2D eigenvalue weighted by molar-refractivity contribution is 5.94. The molecule has 0 aromatic heterocycles. The molecule has 0 aliphatic heterocycles. The number of amides is 1. The Morgan fingerprint density at radius 3 is 2.72 bits per heavy atom. The number of benzene rings is 1. The van der Waals surface area contributed by atoms with E-state index >= 15 is 0 Å². The van der Waals surface area contributed by atoms with Crippen LogP contribution in [0.5, 0.6) is 5.75 Å².